The van der Waals surface area contributed by atoms with Crippen LogP contribution >= 0.6 is 0 Å². The number of carbonyl (C=O) groups is 2. The lowest BCUT2D eigenvalue weighted by atomic mass is 9.84. The number of amides is 1. The molecular weight excluding hydrogens is 260 g/mol. The molecular formula is C14H18N2O4. The molecule has 1 fully saturated rings. The summed E-state index contributed by atoms with van der Waals surface area (Å²) in [6, 6.07) is 4.45. The van der Waals surface area contributed by atoms with Gasteiger partial charge in [-0.25, -0.2) is 4.79 Å². The van der Waals surface area contributed by atoms with Gasteiger partial charge in [0.05, 0.1) is 29.9 Å². The number of anilines is 1. The summed E-state index contributed by atoms with van der Waals surface area (Å²) in [4.78, 5) is 23.6. The zero-order valence-corrected chi connectivity index (χ0v) is 11.5. The number of ether oxygens (including phenoxy) is 1. The number of aromatic carboxylic acids is 1. The molecule has 4 N–H and O–H groups in total. The largest absolute Gasteiger partial charge is 0.478 e. The van der Waals surface area contributed by atoms with Crippen molar-refractivity contribution in [1.29, 1.82) is 0 Å². The molecule has 1 heterocycles. The van der Waals surface area contributed by atoms with Crippen LogP contribution in [0.4, 0.5) is 5.69 Å². The lowest BCUT2D eigenvalue weighted by molar-refractivity contribution is -0.125. The van der Waals surface area contributed by atoms with Crippen LogP contribution in [0.25, 0.3) is 0 Å². The van der Waals surface area contributed by atoms with Crippen molar-refractivity contribution in [2.75, 3.05) is 18.5 Å². The molecule has 20 heavy (non-hydrogen) atoms. The van der Waals surface area contributed by atoms with Crippen LogP contribution < -0.4 is 11.1 Å². The van der Waals surface area contributed by atoms with Crippen molar-refractivity contribution in [2.24, 2.45) is 11.1 Å². The fraction of sp³-hybridized carbons (Fsp3) is 0.429. The molecule has 0 aromatic heterocycles. The highest BCUT2D eigenvalue weighted by Crippen LogP contribution is 2.29. The number of benzene rings is 1. The van der Waals surface area contributed by atoms with Gasteiger partial charge in [0.2, 0.25) is 5.91 Å². The summed E-state index contributed by atoms with van der Waals surface area (Å²) in [5, 5.41) is 11.8. The highest BCUT2D eigenvalue weighted by molar-refractivity contribution is 6.02. The Labute approximate surface area is 116 Å². The molecule has 1 aliphatic heterocycles. The van der Waals surface area contributed by atoms with Crippen LogP contribution in [0.3, 0.4) is 0 Å². The van der Waals surface area contributed by atoms with Gasteiger partial charge in [-0.1, -0.05) is 11.6 Å². The van der Waals surface area contributed by atoms with Crippen molar-refractivity contribution in [3.63, 3.8) is 0 Å². The van der Waals surface area contributed by atoms with Crippen LogP contribution in [0.15, 0.2) is 18.2 Å². The van der Waals surface area contributed by atoms with Crippen LogP contribution in [0.5, 0.6) is 0 Å². The van der Waals surface area contributed by atoms with E-state index in [0.717, 1.165) is 5.56 Å². The summed E-state index contributed by atoms with van der Waals surface area (Å²) in [6.45, 7) is 4.06. The van der Waals surface area contributed by atoms with Gasteiger partial charge in [-0.3, -0.25) is 4.79 Å². The molecule has 1 amide bonds. The molecule has 1 saturated heterocycles. The standard InChI is InChI=1S/C14H18N2O4/c1-8-3-4-10(9(5-8)12(17)18)16-13(19)14(2)7-20-6-11(14)15/h3-5,11H,6-7,15H2,1-2H3,(H,16,19)(H,17,18). The summed E-state index contributed by atoms with van der Waals surface area (Å²) < 4.78 is 5.23. The molecule has 1 aliphatic rings. The second-order valence-corrected chi connectivity index (χ2v) is 5.35. The normalized spacial score (nSPS) is 25.4. The minimum absolute atomic E-state index is 0.0643. The number of hydrogen-bond acceptors (Lipinski definition) is 4. The van der Waals surface area contributed by atoms with Crippen molar-refractivity contribution in [2.45, 2.75) is 19.9 Å². The summed E-state index contributed by atoms with van der Waals surface area (Å²) >= 11 is 0. The number of hydrogen-bond donors (Lipinski definition) is 3. The van der Waals surface area contributed by atoms with E-state index in [0.29, 0.717) is 6.61 Å². The number of nitrogens with one attached hydrogen (secondary N) is 1. The van der Waals surface area contributed by atoms with Crippen molar-refractivity contribution in [1.82, 2.24) is 0 Å². The maximum Gasteiger partial charge on any atom is 0.337 e. The van der Waals surface area contributed by atoms with Crippen molar-refractivity contribution < 1.29 is 19.4 Å². The van der Waals surface area contributed by atoms with Gasteiger partial charge in [0, 0.05) is 6.04 Å². The van der Waals surface area contributed by atoms with E-state index in [-0.39, 0.29) is 23.8 Å². The third-order valence-corrected chi connectivity index (χ3v) is 3.69. The van der Waals surface area contributed by atoms with Crippen LogP contribution in [0, 0.1) is 12.3 Å². The van der Waals surface area contributed by atoms with Crippen molar-refractivity contribution in [3.05, 3.63) is 29.3 Å². The van der Waals surface area contributed by atoms with E-state index < -0.39 is 17.4 Å². The Morgan fingerprint density at radius 3 is 2.75 bits per heavy atom. The molecule has 0 spiro atoms. The molecule has 108 valence electrons. The molecule has 0 radical (unpaired) electrons. The monoisotopic (exact) mass is 278 g/mol. The smallest absolute Gasteiger partial charge is 0.337 e. The summed E-state index contributed by atoms with van der Waals surface area (Å²) in [6.07, 6.45) is 0. The lowest BCUT2D eigenvalue weighted by Gasteiger charge is -2.25. The van der Waals surface area contributed by atoms with Crippen molar-refractivity contribution >= 4 is 17.6 Å². The van der Waals surface area contributed by atoms with E-state index in [1.807, 2.05) is 0 Å². The van der Waals surface area contributed by atoms with Crippen LogP contribution in [0.1, 0.15) is 22.8 Å². The van der Waals surface area contributed by atoms with Gasteiger partial charge in [0.25, 0.3) is 0 Å². The summed E-state index contributed by atoms with van der Waals surface area (Å²) in [5.41, 5.74) is 6.19. The molecule has 6 nitrogen and oxygen atoms in total. The van der Waals surface area contributed by atoms with Gasteiger partial charge >= 0.3 is 5.97 Å². The molecule has 2 atom stereocenters. The zero-order chi connectivity index (χ0) is 14.9. The number of aryl methyl sites for hydroxylation is 1. The fourth-order valence-corrected chi connectivity index (χ4v) is 2.13. The highest BCUT2D eigenvalue weighted by Gasteiger charge is 2.44. The van der Waals surface area contributed by atoms with E-state index in [2.05, 4.69) is 5.32 Å². The van der Waals surface area contributed by atoms with E-state index >= 15 is 0 Å². The number of carboxylic acids is 1. The SMILES string of the molecule is Cc1ccc(NC(=O)C2(C)COCC2N)c(C(=O)O)c1. The van der Waals surface area contributed by atoms with Gasteiger partial charge < -0.3 is 20.9 Å². The molecule has 2 unspecified atom stereocenters. The third-order valence-electron chi connectivity index (χ3n) is 3.69. The quantitative estimate of drug-likeness (QED) is 0.765. The molecule has 0 bridgehead atoms. The minimum atomic E-state index is -1.08. The van der Waals surface area contributed by atoms with Gasteiger partial charge in [-0.15, -0.1) is 0 Å². The van der Waals surface area contributed by atoms with E-state index in [9.17, 15) is 14.7 Å². The average molecular weight is 278 g/mol. The first-order chi connectivity index (χ1) is 9.34. The number of rotatable bonds is 3. The van der Waals surface area contributed by atoms with E-state index in [4.69, 9.17) is 10.5 Å². The summed E-state index contributed by atoms with van der Waals surface area (Å²) in [7, 11) is 0. The third kappa shape index (κ3) is 2.52. The Balaban J connectivity index is 2.26. The first kappa shape index (κ1) is 14.5. The van der Waals surface area contributed by atoms with E-state index in [1.54, 1.807) is 26.0 Å². The van der Waals surface area contributed by atoms with Gasteiger partial charge in [-0.05, 0) is 26.0 Å². The Bertz CT molecular complexity index is 558. The maximum absolute atomic E-state index is 12.3. The highest BCUT2D eigenvalue weighted by atomic mass is 16.5. The predicted octanol–water partition coefficient (Wildman–Crippen LogP) is 0.996. The maximum atomic E-state index is 12.3. The predicted molar refractivity (Wildman–Crippen MR) is 73.7 cm³/mol. The Morgan fingerprint density at radius 1 is 1.50 bits per heavy atom. The molecule has 0 saturated carbocycles. The first-order valence-electron chi connectivity index (χ1n) is 6.33. The zero-order valence-electron chi connectivity index (χ0n) is 11.5. The van der Waals surface area contributed by atoms with Crippen molar-refractivity contribution in [3.8, 4) is 0 Å². The van der Waals surface area contributed by atoms with Gasteiger partial charge in [0.1, 0.15) is 0 Å². The van der Waals surface area contributed by atoms with Gasteiger partial charge in [0.15, 0.2) is 0 Å². The summed E-state index contributed by atoms with van der Waals surface area (Å²) in [5.74, 6) is -1.41. The minimum Gasteiger partial charge on any atom is -0.478 e. The van der Waals surface area contributed by atoms with Crippen LogP contribution in [-0.2, 0) is 9.53 Å². The lowest BCUT2D eigenvalue weighted by Crippen LogP contribution is -2.47. The second-order valence-electron chi connectivity index (χ2n) is 5.35. The van der Waals surface area contributed by atoms with Gasteiger partial charge in [-0.2, -0.15) is 0 Å². The molecule has 0 aliphatic carbocycles. The number of carboxylic acid groups (broad SMARTS) is 1. The topological polar surface area (TPSA) is 102 Å². The Hall–Kier alpha value is -1.92. The van der Waals surface area contributed by atoms with Crippen LogP contribution in [-0.4, -0.2) is 36.2 Å². The second kappa shape index (κ2) is 5.22. The molecule has 1 aromatic rings. The van der Waals surface area contributed by atoms with Crippen LogP contribution in [0.2, 0.25) is 0 Å². The molecule has 6 heteroatoms. The molecule has 1 aromatic carbocycles. The average Bonchev–Trinajstić information content (AvgIpc) is 2.73. The Kier molecular flexibility index (Phi) is 3.78. The first-order valence-corrected chi connectivity index (χ1v) is 6.33. The van der Waals surface area contributed by atoms with E-state index in [1.165, 1.54) is 6.07 Å². The Morgan fingerprint density at radius 2 is 2.20 bits per heavy atom. The number of carbonyl (C=O) groups excluding carboxylic acids is 1. The molecule has 2 rings (SSSR count). The fourth-order valence-electron chi connectivity index (χ4n) is 2.13. The number of nitrogens with two attached hydrogens (primary N) is 1.